The normalized spacial score (nSPS) is 41.2. The van der Waals surface area contributed by atoms with Crippen LogP contribution in [0.3, 0.4) is 0 Å². The number of hydrogen-bond acceptors (Lipinski definition) is 2. The zero-order valence-electron chi connectivity index (χ0n) is 10.4. The van der Waals surface area contributed by atoms with Crippen LogP contribution in [0, 0.1) is 23.2 Å². The van der Waals surface area contributed by atoms with Gasteiger partial charge >= 0.3 is 0 Å². The smallest absolute Gasteiger partial charge is 0.0272 e. The van der Waals surface area contributed by atoms with Crippen molar-refractivity contribution in [2.45, 2.75) is 58.9 Å². The second-order valence-electron chi connectivity index (χ2n) is 6.51. The molecule has 2 unspecified atom stereocenters. The van der Waals surface area contributed by atoms with Gasteiger partial charge in [0, 0.05) is 6.04 Å². The molecule has 0 aromatic rings. The van der Waals surface area contributed by atoms with Gasteiger partial charge in [0.2, 0.25) is 0 Å². The molecule has 0 aromatic carbocycles. The largest absolute Gasteiger partial charge is 0.271 e. The molecule has 0 saturated heterocycles. The van der Waals surface area contributed by atoms with Gasteiger partial charge in [0.05, 0.1) is 0 Å². The first-order valence-corrected chi connectivity index (χ1v) is 6.50. The zero-order valence-corrected chi connectivity index (χ0v) is 10.4. The molecular formula is C13H26N2. The molecule has 2 nitrogen and oxygen atoms in total. The first-order chi connectivity index (χ1) is 7.04. The Morgan fingerprint density at radius 1 is 1.20 bits per heavy atom. The predicted octanol–water partition coefficient (Wildman–Crippen LogP) is 2.69. The number of hydrazine groups is 1. The van der Waals surface area contributed by atoms with Gasteiger partial charge in [-0.3, -0.25) is 11.3 Å². The van der Waals surface area contributed by atoms with Crippen molar-refractivity contribution < 1.29 is 0 Å². The van der Waals surface area contributed by atoms with Crippen molar-refractivity contribution in [1.82, 2.24) is 5.43 Å². The monoisotopic (exact) mass is 210 g/mol. The van der Waals surface area contributed by atoms with Crippen LogP contribution < -0.4 is 11.3 Å². The zero-order chi connectivity index (χ0) is 11.1. The lowest BCUT2D eigenvalue weighted by atomic mass is 9.77. The molecule has 2 rings (SSSR count). The molecule has 2 fully saturated rings. The van der Waals surface area contributed by atoms with E-state index in [9.17, 15) is 0 Å². The van der Waals surface area contributed by atoms with Gasteiger partial charge in [-0.05, 0) is 42.4 Å². The minimum atomic E-state index is 0.542. The van der Waals surface area contributed by atoms with E-state index in [1.54, 1.807) is 0 Å². The third-order valence-electron chi connectivity index (χ3n) is 4.78. The van der Waals surface area contributed by atoms with Gasteiger partial charge in [-0.2, -0.15) is 0 Å². The van der Waals surface area contributed by atoms with E-state index in [1.165, 1.54) is 32.1 Å². The highest BCUT2D eigenvalue weighted by Gasteiger charge is 2.51. The molecule has 0 aliphatic heterocycles. The lowest BCUT2D eigenvalue weighted by Gasteiger charge is -2.33. The molecule has 2 aliphatic carbocycles. The summed E-state index contributed by atoms with van der Waals surface area (Å²) in [7, 11) is 0. The minimum absolute atomic E-state index is 0.542. The maximum atomic E-state index is 5.75. The fourth-order valence-electron chi connectivity index (χ4n) is 3.35. The SMILES string of the molecule is CC1CCC(C(NN)C2CC2(C)C)CC1. The van der Waals surface area contributed by atoms with Crippen LogP contribution in [0.5, 0.6) is 0 Å². The van der Waals surface area contributed by atoms with Crippen LogP contribution >= 0.6 is 0 Å². The summed E-state index contributed by atoms with van der Waals surface area (Å²) < 4.78 is 0. The lowest BCUT2D eigenvalue weighted by Crippen LogP contribution is -2.44. The van der Waals surface area contributed by atoms with Crippen molar-refractivity contribution in [2.75, 3.05) is 0 Å². The molecule has 88 valence electrons. The Morgan fingerprint density at radius 2 is 1.73 bits per heavy atom. The van der Waals surface area contributed by atoms with Crippen molar-refractivity contribution in [1.29, 1.82) is 0 Å². The van der Waals surface area contributed by atoms with Gasteiger partial charge in [-0.15, -0.1) is 0 Å². The number of hydrogen-bond donors (Lipinski definition) is 2. The summed E-state index contributed by atoms with van der Waals surface area (Å²) in [4.78, 5) is 0. The minimum Gasteiger partial charge on any atom is -0.271 e. The van der Waals surface area contributed by atoms with Crippen LogP contribution in [0.15, 0.2) is 0 Å². The Balaban J connectivity index is 1.90. The van der Waals surface area contributed by atoms with Crippen molar-refractivity contribution in [3.05, 3.63) is 0 Å². The summed E-state index contributed by atoms with van der Waals surface area (Å²) in [5.41, 5.74) is 3.65. The molecule has 15 heavy (non-hydrogen) atoms. The summed E-state index contributed by atoms with van der Waals surface area (Å²) in [5, 5.41) is 0. The first-order valence-electron chi connectivity index (χ1n) is 6.50. The van der Waals surface area contributed by atoms with Gasteiger partial charge < -0.3 is 0 Å². The highest BCUT2D eigenvalue weighted by Crippen LogP contribution is 2.55. The number of nitrogens with two attached hydrogens (primary N) is 1. The van der Waals surface area contributed by atoms with Crippen LogP contribution in [0.1, 0.15) is 52.9 Å². The molecule has 0 spiro atoms. The number of nitrogens with one attached hydrogen (secondary N) is 1. The van der Waals surface area contributed by atoms with Gasteiger partial charge in [0.25, 0.3) is 0 Å². The molecular weight excluding hydrogens is 184 g/mol. The van der Waals surface area contributed by atoms with E-state index in [1.807, 2.05) is 0 Å². The molecule has 0 aromatic heterocycles. The molecule has 0 radical (unpaired) electrons. The van der Waals surface area contributed by atoms with Crippen molar-refractivity contribution in [2.24, 2.45) is 29.0 Å². The summed E-state index contributed by atoms with van der Waals surface area (Å²) in [6, 6.07) is 0.576. The molecule has 0 bridgehead atoms. The van der Waals surface area contributed by atoms with Gasteiger partial charge in [-0.25, -0.2) is 0 Å². The van der Waals surface area contributed by atoms with Crippen LogP contribution in [0.25, 0.3) is 0 Å². The predicted molar refractivity (Wildman–Crippen MR) is 64.1 cm³/mol. The Labute approximate surface area is 94.0 Å². The van der Waals surface area contributed by atoms with Gasteiger partial charge in [0.15, 0.2) is 0 Å². The summed E-state index contributed by atoms with van der Waals surface area (Å²) >= 11 is 0. The molecule has 2 aliphatic rings. The van der Waals surface area contributed by atoms with E-state index < -0.39 is 0 Å². The number of rotatable bonds is 3. The molecule has 2 atom stereocenters. The van der Waals surface area contributed by atoms with E-state index >= 15 is 0 Å². The van der Waals surface area contributed by atoms with E-state index in [0.29, 0.717) is 11.5 Å². The fraction of sp³-hybridized carbons (Fsp3) is 1.00. The Kier molecular flexibility index (Phi) is 3.09. The van der Waals surface area contributed by atoms with E-state index in [-0.39, 0.29) is 0 Å². The highest BCUT2D eigenvalue weighted by molar-refractivity contribution is 5.03. The highest BCUT2D eigenvalue weighted by atomic mass is 15.2. The molecule has 3 N–H and O–H groups in total. The summed E-state index contributed by atoms with van der Waals surface area (Å²) in [6.07, 6.45) is 6.91. The first kappa shape index (κ1) is 11.4. The molecule has 2 saturated carbocycles. The standard InChI is InChI=1S/C13H26N2/c1-9-4-6-10(7-5-9)12(15-14)11-8-13(11,2)3/h9-12,15H,4-8,14H2,1-3H3. The van der Waals surface area contributed by atoms with E-state index in [0.717, 1.165) is 17.8 Å². The lowest BCUT2D eigenvalue weighted by molar-refractivity contribution is 0.204. The quantitative estimate of drug-likeness (QED) is 0.555. The van der Waals surface area contributed by atoms with E-state index in [2.05, 4.69) is 26.2 Å². The van der Waals surface area contributed by atoms with Gasteiger partial charge in [0.1, 0.15) is 0 Å². The Hall–Kier alpha value is -0.0800. The second-order valence-corrected chi connectivity index (χ2v) is 6.51. The van der Waals surface area contributed by atoms with Crippen molar-refractivity contribution in [3.63, 3.8) is 0 Å². The Morgan fingerprint density at radius 3 is 2.13 bits per heavy atom. The average Bonchev–Trinajstić information content (AvgIpc) is 2.80. The topological polar surface area (TPSA) is 38.0 Å². The van der Waals surface area contributed by atoms with Crippen LogP contribution in [-0.4, -0.2) is 6.04 Å². The molecule has 0 amide bonds. The Bertz CT molecular complexity index is 217. The third-order valence-corrected chi connectivity index (χ3v) is 4.78. The summed E-state index contributed by atoms with van der Waals surface area (Å²) in [5.74, 6) is 8.34. The molecule has 2 heteroatoms. The molecule has 0 heterocycles. The van der Waals surface area contributed by atoms with Crippen molar-refractivity contribution in [3.8, 4) is 0 Å². The van der Waals surface area contributed by atoms with E-state index in [4.69, 9.17) is 5.84 Å². The van der Waals surface area contributed by atoms with Crippen LogP contribution in [-0.2, 0) is 0 Å². The fourth-order valence-corrected chi connectivity index (χ4v) is 3.35. The maximum absolute atomic E-state index is 5.75. The van der Waals surface area contributed by atoms with Crippen LogP contribution in [0.4, 0.5) is 0 Å². The second kappa shape index (κ2) is 4.06. The summed E-state index contributed by atoms with van der Waals surface area (Å²) in [6.45, 7) is 7.11. The third kappa shape index (κ3) is 2.36. The van der Waals surface area contributed by atoms with Crippen LogP contribution in [0.2, 0.25) is 0 Å². The average molecular weight is 210 g/mol. The maximum Gasteiger partial charge on any atom is 0.0272 e. The van der Waals surface area contributed by atoms with Gasteiger partial charge in [-0.1, -0.05) is 33.6 Å². The van der Waals surface area contributed by atoms with Crippen molar-refractivity contribution >= 4 is 0 Å².